The summed E-state index contributed by atoms with van der Waals surface area (Å²) in [5.41, 5.74) is 2.59. The number of rotatable bonds is 2. The zero-order valence-electron chi connectivity index (χ0n) is 9.66. The summed E-state index contributed by atoms with van der Waals surface area (Å²) < 4.78 is 0. The van der Waals surface area contributed by atoms with Gasteiger partial charge < -0.3 is 5.32 Å². The number of aliphatic imine (C=N–C) groups is 1. The summed E-state index contributed by atoms with van der Waals surface area (Å²) in [6.07, 6.45) is 5.72. The van der Waals surface area contributed by atoms with Crippen LogP contribution in [0.15, 0.2) is 4.99 Å². The zero-order valence-corrected chi connectivity index (χ0v) is 9.66. The lowest BCUT2D eigenvalue weighted by molar-refractivity contribution is 0.277. The maximum atomic E-state index is 5.36. The summed E-state index contributed by atoms with van der Waals surface area (Å²) in [6.45, 7) is 2.24. The first-order valence-electron chi connectivity index (χ1n) is 5.94. The summed E-state index contributed by atoms with van der Waals surface area (Å²) in [4.78, 5) is 4.05. The molecule has 2 aliphatic carbocycles. The Kier molecular flexibility index (Phi) is 3.14. The fourth-order valence-corrected chi connectivity index (χ4v) is 3.40. The van der Waals surface area contributed by atoms with Crippen molar-refractivity contribution in [3.63, 3.8) is 0 Å². The van der Waals surface area contributed by atoms with Crippen molar-refractivity contribution in [1.29, 1.82) is 0 Å². The molecule has 4 heteroatoms. The highest BCUT2D eigenvalue weighted by Gasteiger charge is 2.41. The second kappa shape index (κ2) is 4.39. The van der Waals surface area contributed by atoms with Gasteiger partial charge in [0.2, 0.25) is 5.96 Å². The normalized spacial score (nSPS) is 36.7. The van der Waals surface area contributed by atoms with Crippen LogP contribution < -0.4 is 16.6 Å². The predicted octanol–water partition coefficient (Wildman–Crippen LogP) is 0.850. The van der Waals surface area contributed by atoms with Crippen LogP contribution in [0.2, 0.25) is 0 Å². The summed E-state index contributed by atoms with van der Waals surface area (Å²) in [7, 11) is 1.75. The van der Waals surface area contributed by atoms with Crippen LogP contribution in [0, 0.1) is 17.8 Å². The molecule has 86 valence electrons. The molecule has 0 aromatic rings. The van der Waals surface area contributed by atoms with Crippen molar-refractivity contribution in [2.75, 3.05) is 7.05 Å². The second-order valence-corrected chi connectivity index (χ2v) is 4.99. The van der Waals surface area contributed by atoms with Crippen LogP contribution >= 0.6 is 0 Å². The molecule has 0 saturated heterocycles. The average Bonchev–Trinajstić information content (AvgIpc) is 2.87. The van der Waals surface area contributed by atoms with Crippen LogP contribution in [0.5, 0.6) is 0 Å². The van der Waals surface area contributed by atoms with Gasteiger partial charge >= 0.3 is 0 Å². The molecule has 0 radical (unpaired) electrons. The summed E-state index contributed by atoms with van der Waals surface area (Å²) in [6, 6.07) is 0.482. The fraction of sp³-hybridized carbons (Fsp3) is 0.909. The van der Waals surface area contributed by atoms with Gasteiger partial charge in [-0.1, -0.05) is 6.42 Å². The molecule has 4 N–H and O–H groups in total. The van der Waals surface area contributed by atoms with Gasteiger partial charge in [0.05, 0.1) is 0 Å². The van der Waals surface area contributed by atoms with E-state index >= 15 is 0 Å². The minimum atomic E-state index is 0.482. The zero-order chi connectivity index (χ0) is 10.8. The number of fused-ring (bicyclic) bond motifs is 2. The number of nitrogens with one attached hydrogen (secondary N) is 2. The Morgan fingerprint density at radius 1 is 1.40 bits per heavy atom. The number of guanidine groups is 1. The van der Waals surface area contributed by atoms with Crippen LogP contribution in [-0.2, 0) is 0 Å². The molecular weight excluding hydrogens is 188 g/mol. The van der Waals surface area contributed by atoms with Crippen molar-refractivity contribution < 1.29 is 0 Å². The molecule has 4 atom stereocenters. The van der Waals surface area contributed by atoms with Gasteiger partial charge in [0.25, 0.3) is 0 Å². The molecule has 2 fully saturated rings. The van der Waals surface area contributed by atoms with Crippen LogP contribution in [0.25, 0.3) is 0 Å². The number of nitrogens with zero attached hydrogens (tertiary/aromatic N) is 1. The third-order valence-corrected chi connectivity index (χ3v) is 4.16. The van der Waals surface area contributed by atoms with Gasteiger partial charge in [-0.25, -0.2) is 5.84 Å². The quantitative estimate of drug-likeness (QED) is 0.274. The van der Waals surface area contributed by atoms with Gasteiger partial charge in [0, 0.05) is 13.1 Å². The maximum Gasteiger partial charge on any atom is 0.205 e. The van der Waals surface area contributed by atoms with E-state index in [-0.39, 0.29) is 0 Å². The molecule has 0 spiro atoms. The standard InChI is InChI=1S/C11H22N4/c1-7(14-11(13-2)15-12)10-6-8-3-4-9(10)5-8/h7-10H,3-6,12H2,1-2H3,(H2,13,14,15). The molecule has 2 bridgehead atoms. The lowest BCUT2D eigenvalue weighted by atomic mass is 9.84. The summed E-state index contributed by atoms with van der Waals surface area (Å²) >= 11 is 0. The summed E-state index contributed by atoms with van der Waals surface area (Å²) in [5, 5.41) is 3.36. The molecule has 4 unspecified atom stereocenters. The number of hydrogen-bond donors (Lipinski definition) is 3. The van der Waals surface area contributed by atoms with E-state index in [0.717, 1.165) is 17.8 Å². The fourth-order valence-electron chi connectivity index (χ4n) is 3.40. The molecule has 2 rings (SSSR count). The molecule has 4 nitrogen and oxygen atoms in total. The third-order valence-electron chi connectivity index (χ3n) is 4.16. The van der Waals surface area contributed by atoms with Crippen LogP contribution in [0.4, 0.5) is 0 Å². The Morgan fingerprint density at radius 3 is 2.67 bits per heavy atom. The maximum absolute atomic E-state index is 5.36. The monoisotopic (exact) mass is 210 g/mol. The highest BCUT2D eigenvalue weighted by Crippen LogP contribution is 2.49. The Labute approximate surface area is 91.7 Å². The third kappa shape index (κ3) is 2.09. The average molecular weight is 210 g/mol. The Morgan fingerprint density at radius 2 is 2.20 bits per heavy atom. The molecule has 0 heterocycles. The van der Waals surface area contributed by atoms with Gasteiger partial charge in [0.1, 0.15) is 0 Å². The Balaban J connectivity index is 1.89. The summed E-state index contributed by atoms with van der Waals surface area (Å²) in [5.74, 6) is 8.81. The van der Waals surface area contributed by atoms with Gasteiger partial charge in [-0.05, 0) is 43.9 Å². The van der Waals surface area contributed by atoms with E-state index in [1.54, 1.807) is 7.05 Å². The van der Waals surface area contributed by atoms with Gasteiger partial charge in [0.15, 0.2) is 0 Å². The highest BCUT2D eigenvalue weighted by atomic mass is 15.3. The molecule has 2 saturated carbocycles. The Bertz CT molecular complexity index is 251. The van der Waals surface area contributed by atoms with Crippen molar-refractivity contribution in [2.45, 2.75) is 38.6 Å². The highest BCUT2D eigenvalue weighted by molar-refractivity contribution is 5.79. The lowest BCUT2D eigenvalue weighted by Gasteiger charge is -2.29. The van der Waals surface area contributed by atoms with E-state index in [2.05, 4.69) is 22.7 Å². The first-order chi connectivity index (χ1) is 7.24. The SMILES string of the molecule is CN=C(NN)NC(C)C1CC2CCC1C2. The van der Waals surface area contributed by atoms with Gasteiger partial charge in [-0.2, -0.15) is 0 Å². The van der Waals surface area contributed by atoms with E-state index in [1.807, 2.05) is 0 Å². The molecule has 0 amide bonds. The van der Waals surface area contributed by atoms with Crippen molar-refractivity contribution >= 4 is 5.96 Å². The largest absolute Gasteiger partial charge is 0.353 e. The van der Waals surface area contributed by atoms with Crippen molar-refractivity contribution in [2.24, 2.45) is 28.6 Å². The molecule has 0 aliphatic heterocycles. The number of hydrogen-bond acceptors (Lipinski definition) is 2. The topological polar surface area (TPSA) is 62.4 Å². The Hall–Kier alpha value is -0.770. The number of nitrogens with two attached hydrogens (primary N) is 1. The first kappa shape index (κ1) is 10.7. The molecule has 0 aromatic heterocycles. The van der Waals surface area contributed by atoms with Crippen LogP contribution in [0.1, 0.15) is 32.6 Å². The molecule has 15 heavy (non-hydrogen) atoms. The van der Waals surface area contributed by atoms with E-state index < -0.39 is 0 Å². The minimum absolute atomic E-state index is 0.482. The van der Waals surface area contributed by atoms with E-state index in [9.17, 15) is 0 Å². The van der Waals surface area contributed by atoms with Crippen molar-refractivity contribution in [3.05, 3.63) is 0 Å². The molecule has 2 aliphatic rings. The van der Waals surface area contributed by atoms with Crippen molar-refractivity contribution in [1.82, 2.24) is 10.7 Å². The van der Waals surface area contributed by atoms with E-state index in [1.165, 1.54) is 25.7 Å². The first-order valence-corrected chi connectivity index (χ1v) is 5.94. The van der Waals surface area contributed by atoms with Crippen molar-refractivity contribution in [3.8, 4) is 0 Å². The van der Waals surface area contributed by atoms with E-state index in [0.29, 0.717) is 12.0 Å². The van der Waals surface area contributed by atoms with Gasteiger partial charge in [-0.3, -0.25) is 10.4 Å². The lowest BCUT2D eigenvalue weighted by Crippen LogP contribution is -2.48. The van der Waals surface area contributed by atoms with Crippen LogP contribution in [-0.4, -0.2) is 19.0 Å². The predicted molar refractivity (Wildman–Crippen MR) is 62.2 cm³/mol. The molecule has 0 aromatic carbocycles. The minimum Gasteiger partial charge on any atom is -0.353 e. The van der Waals surface area contributed by atoms with Gasteiger partial charge in [-0.15, -0.1) is 0 Å². The van der Waals surface area contributed by atoms with Crippen LogP contribution in [0.3, 0.4) is 0 Å². The van der Waals surface area contributed by atoms with E-state index in [4.69, 9.17) is 5.84 Å². The smallest absolute Gasteiger partial charge is 0.205 e. The second-order valence-electron chi connectivity index (χ2n) is 4.99. The number of hydrazine groups is 1. The molecular formula is C11H22N4.